The van der Waals surface area contributed by atoms with Gasteiger partial charge in [0.2, 0.25) is 10.0 Å². The number of rotatable bonds is 6. The molecule has 0 fully saturated rings. The largest absolute Gasteiger partial charge is 0.481 e. The molecule has 0 saturated heterocycles. The number of primary sulfonamides is 1. The number of aromatic nitrogens is 1. The topological polar surface area (TPSA) is 123 Å². The molecule has 1 heterocycles. The fraction of sp³-hybridized carbons (Fsp3) is 0.111. The number of sulfonamides is 1. The third-order valence-electron chi connectivity index (χ3n) is 3.71. The second kappa shape index (κ2) is 7.11. The minimum absolute atomic E-state index is 0.0738. The maximum absolute atomic E-state index is 11.9. The Labute approximate surface area is 150 Å². The molecule has 7 nitrogen and oxygen atoms in total. The second-order valence-corrected chi connectivity index (χ2v) is 7.12. The highest BCUT2D eigenvalue weighted by Crippen LogP contribution is 2.35. The molecule has 3 rings (SSSR count). The van der Waals surface area contributed by atoms with E-state index in [2.05, 4.69) is 4.98 Å². The molecular formula is C18H16N2O5S. The number of carboxylic acids is 1. The van der Waals surface area contributed by atoms with Crippen LogP contribution in [-0.4, -0.2) is 24.5 Å². The normalized spacial score (nSPS) is 11.4. The lowest BCUT2D eigenvalue weighted by atomic mass is 10.1. The van der Waals surface area contributed by atoms with Gasteiger partial charge in [0.1, 0.15) is 5.69 Å². The van der Waals surface area contributed by atoms with Gasteiger partial charge in [0.25, 0.3) is 0 Å². The highest BCUT2D eigenvalue weighted by Gasteiger charge is 2.23. The average molecular weight is 372 g/mol. The summed E-state index contributed by atoms with van der Waals surface area (Å²) in [7, 11) is -3.97. The number of nitrogens with zero attached hydrogens (tertiary/aromatic N) is 1. The highest BCUT2D eigenvalue weighted by molar-refractivity contribution is 7.89. The zero-order valence-corrected chi connectivity index (χ0v) is 14.4. The van der Waals surface area contributed by atoms with E-state index >= 15 is 0 Å². The maximum Gasteiger partial charge on any atom is 0.303 e. The molecular weight excluding hydrogens is 356 g/mol. The van der Waals surface area contributed by atoms with Crippen LogP contribution in [0.5, 0.6) is 0 Å². The maximum atomic E-state index is 11.9. The SMILES string of the molecule is NS(=O)(=O)c1ccccc1-c1nc(CCC(=O)O)oc1-c1ccccc1. The van der Waals surface area contributed by atoms with E-state index in [1.165, 1.54) is 6.07 Å². The van der Waals surface area contributed by atoms with E-state index < -0.39 is 16.0 Å². The molecule has 0 bridgehead atoms. The van der Waals surface area contributed by atoms with Crippen molar-refractivity contribution >= 4 is 16.0 Å². The second-order valence-electron chi connectivity index (χ2n) is 5.59. The molecule has 0 aliphatic carbocycles. The minimum Gasteiger partial charge on any atom is -0.481 e. The summed E-state index contributed by atoms with van der Waals surface area (Å²) in [5.41, 5.74) is 1.31. The average Bonchev–Trinajstić information content (AvgIpc) is 3.04. The first kappa shape index (κ1) is 17.8. The first-order chi connectivity index (χ1) is 12.4. The number of nitrogens with two attached hydrogens (primary N) is 1. The fourth-order valence-electron chi connectivity index (χ4n) is 2.56. The van der Waals surface area contributed by atoms with Gasteiger partial charge in [0, 0.05) is 17.5 Å². The molecule has 26 heavy (non-hydrogen) atoms. The van der Waals surface area contributed by atoms with Crippen molar-refractivity contribution in [3.05, 3.63) is 60.5 Å². The van der Waals surface area contributed by atoms with Crippen molar-refractivity contribution in [3.8, 4) is 22.6 Å². The Balaban J connectivity index is 2.19. The molecule has 8 heteroatoms. The standard InChI is InChI=1S/C18H16N2O5S/c19-26(23,24)14-9-5-4-8-13(14)17-18(12-6-2-1-3-7-12)25-15(20-17)10-11-16(21)22/h1-9H,10-11H2,(H,21,22)(H2,19,23,24). The first-order valence-electron chi connectivity index (χ1n) is 7.75. The molecule has 3 aromatic rings. The Morgan fingerprint density at radius 2 is 1.73 bits per heavy atom. The Kier molecular flexibility index (Phi) is 4.88. The summed E-state index contributed by atoms with van der Waals surface area (Å²) in [5, 5.41) is 14.2. The number of hydrogen-bond donors (Lipinski definition) is 2. The molecule has 134 valence electrons. The summed E-state index contributed by atoms with van der Waals surface area (Å²) in [6.45, 7) is 0. The Morgan fingerprint density at radius 3 is 2.38 bits per heavy atom. The van der Waals surface area contributed by atoms with Gasteiger partial charge in [0.05, 0.1) is 11.3 Å². The van der Waals surface area contributed by atoms with Gasteiger partial charge >= 0.3 is 5.97 Å². The summed E-state index contributed by atoms with van der Waals surface area (Å²) in [6, 6.07) is 15.3. The number of aliphatic carboxylic acids is 1. The highest BCUT2D eigenvalue weighted by atomic mass is 32.2. The molecule has 0 radical (unpaired) electrons. The quantitative estimate of drug-likeness (QED) is 0.685. The van der Waals surface area contributed by atoms with Crippen LogP contribution in [0.4, 0.5) is 0 Å². The molecule has 0 atom stereocenters. The summed E-state index contributed by atoms with van der Waals surface area (Å²) in [4.78, 5) is 15.1. The van der Waals surface area contributed by atoms with E-state index in [1.54, 1.807) is 30.3 Å². The van der Waals surface area contributed by atoms with Crippen molar-refractivity contribution in [2.45, 2.75) is 17.7 Å². The number of carboxylic acid groups (broad SMARTS) is 1. The van der Waals surface area contributed by atoms with Crippen molar-refractivity contribution in [2.24, 2.45) is 5.14 Å². The molecule has 0 spiro atoms. The smallest absolute Gasteiger partial charge is 0.303 e. The van der Waals surface area contributed by atoms with E-state index in [4.69, 9.17) is 14.7 Å². The van der Waals surface area contributed by atoms with Crippen LogP contribution in [0, 0.1) is 0 Å². The lowest BCUT2D eigenvalue weighted by Gasteiger charge is -2.06. The Morgan fingerprint density at radius 1 is 1.08 bits per heavy atom. The fourth-order valence-corrected chi connectivity index (χ4v) is 3.30. The van der Waals surface area contributed by atoms with E-state index in [1.807, 2.05) is 18.2 Å². The van der Waals surface area contributed by atoms with E-state index in [0.29, 0.717) is 22.6 Å². The molecule has 0 unspecified atom stereocenters. The monoisotopic (exact) mass is 372 g/mol. The predicted octanol–water partition coefficient (Wildman–Crippen LogP) is 2.67. The number of benzene rings is 2. The van der Waals surface area contributed by atoms with Crippen molar-refractivity contribution in [3.63, 3.8) is 0 Å². The van der Waals surface area contributed by atoms with Crippen molar-refractivity contribution in [1.82, 2.24) is 4.98 Å². The third kappa shape index (κ3) is 3.81. The first-order valence-corrected chi connectivity index (χ1v) is 9.30. The van der Waals surface area contributed by atoms with Gasteiger partial charge in [0.15, 0.2) is 11.7 Å². The van der Waals surface area contributed by atoms with Crippen molar-refractivity contribution in [1.29, 1.82) is 0 Å². The van der Waals surface area contributed by atoms with Crippen LogP contribution >= 0.6 is 0 Å². The van der Waals surface area contributed by atoms with Gasteiger partial charge in [-0.15, -0.1) is 0 Å². The van der Waals surface area contributed by atoms with Crippen LogP contribution in [0.3, 0.4) is 0 Å². The van der Waals surface area contributed by atoms with Crippen LogP contribution in [-0.2, 0) is 21.2 Å². The van der Waals surface area contributed by atoms with Gasteiger partial charge in [-0.25, -0.2) is 18.5 Å². The zero-order chi connectivity index (χ0) is 18.7. The predicted molar refractivity (Wildman–Crippen MR) is 94.7 cm³/mol. The van der Waals surface area contributed by atoms with Crippen LogP contribution in [0.1, 0.15) is 12.3 Å². The van der Waals surface area contributed by atoms with E-state index in [0.717, 1.165) is 0 Å². The van der Waals surface area contributed by atoms with Crippen molar-refractivity contribution < 1.29 is 22.7 Å². The van der Waals surface area contributed by atoms with Crippen LogP contribution in [0.2, 0.25) is 0 Å². The lowest BCUT2D eigenvalue weighted by molar-refractivity contribution is -0.137. The van der Waals surface area contributed by atoms with Gasteiger partial charge in [-0.3, -0.25) is 4.79 Å². The van der Waals surface area contributed by atoms with Crippen molar-refractivity contribution in [2.75, 3.05) is 0 Å². The molecule has 0 aliphatic heterocycles. The van der Waals surface area contributed by atoms with E-state index in [-0.39, 0.29) is 23.6 Å². The zero-order valence-electron chi connectivity index (χ0n) is 13.6. The summed E-state index contributed by atoms with van der Waals surface area (Å²) in [6.07, 6.45) is -0.0578. The van der Waals surface area contributed by atoms with E-state index in [9.17, 15) is 13.2 Å². The number of aryl methyl sites for hydroxylation is 1. The van der Waals surface area contributed by atoms with Gasteiger partial charge < -0.3 is 9.52 Å². The molecule has 0 aliphatic rings. The summed E-state index contributed by atoms with van der Waals surface area (Å²) < 4.78 is 29.6. The molecule has 0 amide bonds. The minimum atomic E-state index is -3.97. The van der Waals surface area contributed by atoms with Crippen LogP contribution in [0.15, 0.2) is 63.9 Å². The lowest BCUT2D eigenvalue weighted by Crippen LogP contribution is -2.13. The molecule has 3 N–H and O–H groups in total. The Bertz CT molecular complexity index is 1040. The van der Waals surface area contributed by atoms with Crippen LogP contribution < -0.4 is 5.14 Å². The number of hydrogen-bond acceptors (Lipinski definition) is 5. The number of oxazole rings is 1. The molecule has 0 saturated carbocycles. The molecule has 2 aromatic carbocycles. The Hall–Kier alpha value is -2.97. The summed E-state index contributed by atoms with van der Waals surface area (Å²) in [5.74, 6) is -0.400. The number of carbonyl (C=O) groups is 1. The van der Waals surface area contributed by atoms with Gasteiger partial charge in [-0.1, -0.05) is 48.5 Å². The van der Waals surface area contributed by atoms with Gasteiger partial charge in [-0.05, 0) is 6.07 Å². The van der Waals surface area contributed by atoms with Crippen LogP contribution in [0.25, 0.3) is 22.6 Å². The molecule has 1 aromatic heterocycles. The van der Waals surface area contributed by atoms with Gasteiger partial charge in [-0.2, -0.15) is 0 Å². The summed E-state index contributed by atoms with van der Waals surface area (Å²) >= 11 is 0. The third-order valence-corrected chi connectivity index (χ3v) is 4.68.